The lowest BCUT2D eigenvalue weighted by atomic mass is 10.0. The molecule has 1 atom stereocenters. The Labute approximate surface area is 142 Å². The highest BCUT2D eigenvalue weighted by molar-refractivity contribution is 6.30. The van der Waals surface area contributed by atoms with Gasteiger partial charge in [0.2, 0.25) is 0 Å². The van der Waals surface area contributed by atoms with Crippen molar-refractivity contribution in [1.82, 2.24) is 4.90 Å². The van der Waals surface area contributed by atoms with Crippen molar-refractivity contribution in [3.05, 3.63) is 64.7 Å². The van der Waals surface area contributed by atoms with Gasteiger partial charge in [0.1, 0.15) is 0 Å². The quantitative estimate of drug-likeness (QED) is 0.817. The Hall–Kier alpha value is -2.00. The molecular formula is C19H21ClN2O. The number of urea groups is 1. The second-order valence-corrected chi connectivity index (χ2v) is 6.28. The van der Waals surface area contributed by atoms with Crippen LogP contribution in [0.5, 0.6) is 0 Å². The van der Waals surface area contributed by atoms with Crippen molar-refractivity contribution in [2.75, 3.05) is 11.9 Å². The molecule has 0 aliphatic carbocycles. The predicted octanol–water partition coefficient (Wildman–Crippen LogP) is 5.27. The minimum absolute atomic E-state index is 0.0247. The number of benzene rings is 2. The van der Waals surface area contributed by atoms with E-state index in [9.17, 15) is 4.79 Å². The van der Waals surface area contributed by atoms with Crippen LogP contribution in [0.1, 0.15) is 36.9 Å². The Morgan fingerprint density at radius 1 is 1.22 bits per heavy atom. The first-order valence-corrected chi connectivity index (χ1v) is 8.48. The lowest BCUT2D eigenvalue weighted by Crippen LogP contribution is -2.34. The summed E-state index contributed by atoms with van der Waals surface area (Å²) in [5, 5.41) is 3.80. The monoisotopic (exact) mass is 328 g/mol. The van der Waals surface area contributed by atoms with Crippen molar-refractivity contribution >= 4 is 23.3 Å². The number of aryl methyl sites for hydroxylation is 1. The lowest BCUT2D eigenvalue weighted by molar-refractivity contribution is 0.207. The summed E-state index contributed by atoms with van der Waals surface area (Å²) >= 11 is 5.97. The number of hydrogen-bond acceptors (Lipinski definition) is 1. The van der Waals surface area contributed by atoms with Crippen LogP contribution < -0.4 is 5.32 Å². The molecule has 1 aliphatic heterocycles. The standard InChI is InChI=1S/C19H21ClN2O/c1-2-14-6-3-4-7-17(14)21-19(23)22-13-5-8-18(22)15-9-11-16(20)12-10-15/h3-4,6-7,9-12,18H,2,5,8,13H2,1H3,(H,21,23)/t18-/m1/s1. The summed E-state index contributed by atoms with van der Waals surface area (Å²) in [4.78, 5) is 14.6. The first kappa shape index (κ1) is 15.9. The molecule has 0 aromatic heterocycles. The molecule has 1 heterocycles. The van der Waals surface area contributed by atoms with Crippen molar-refractivity contribution in [1.29, 1.82) is 0 Å². The van der Waals surface area contributed by atoms with Gasteiger partial charge < -0.3 is 10.2 Å². The van der Waals surface area contributed by atoms with Gasteiger partial charge in [-0.15, -0.1) is 0 Å². The number of para-hydroxylation sites is 1. The molecule has 120 valence electrons. The fourth-order valence-electron chi connectivity index (χ4n) is 3.18. The van der Waals surface area contributed by atoms with Crippen LogP contribution in [0.15, 0.2) is 48.5 Å². The molecule has 0 radical (unpaired) electrons. The molecule has 2 amide bonds. The third-order valence-electron chi connectivity index (χ3n) is 4.41. The smallest absolute Gasteiger partial charge is 0.317 e. The lowest BCUT2D eigenvalue weighted by Gasteiger charge is -2.26. The van der Waals surface area contributed by atoms with Gasteiger partial charge >= 0.3 is 6.03 Å². The molecule has 0 spiro atoms. The van der Waals surface area contributed by atoms with Crippen molar-refractivity contribution in [2.24, 2.45) is 0 Å². The topological polar surface area (TPSA) is 32.3 Å². The molecule has 2 aromatic carbocycles. The van der Waals surface area contributed by atoms with Crippen molar-refractivity contribution in [2.45, 2.75) is 32.2 Å². The largest absolute Gasteiger partial charge is 0.322 e. The number of carbonyl (C=O) groups excluding carboxylic acids is 1. The van der Waals surface area contributed by atoms with E-state index >= 15 is 0 Å². The minimum atomic E-state index is -0.0247. The molecule has 0 saturated carbocycles. The number of anilines is 1. The van der Waals surface area contributed by atoms with Crippen LogP contribution in [0.2, 0.25) is 5.02 Å². The number of amides is 2. The van der Waals surface area contributed by atoms with Crippen LogP contribution in [0.3, 0.4) is 0 Å². The molecule has 0 unspecified atom stereocenters. The van der Waals surface area contributed by atoms with Gasteiger partial charge in [0.15, 0.2) is 0 Å². The first-order chi connectivity index (χ1) is 11.2. The first-order valence-electron chi connectivity index (χ1n) is 8.10. The van der Waals surface area contributed by atoms with Crippen LogP contribution in [0.4, 0.5) is 10.5 Å². The molecule has 1 N–H and O–H groups in total. The molecule has 0 bridgehead atoms. The zero-order valence-corrected chi connectivity index (χ0v) is 14.0. The van der Waals surface area contributed by atoms with E-state index in [0.717, 1.165) is 47.6 Å². The van der Waals surface area contributed by atoms with Crippen LogP contribution >= 0.6 is 11.6 Å². The van der Waals surface area contributed by atoms with Crippen molar-refractivity contribution in [3.63, 3.8) is 0 Å². The highest BCUT2D eigenvalue weighted by Gasteiger charge is 2.30. The highest BCUT2D eigenvalue weighted by Crippen LogP contribution is 2.33. The summed E-state index contributed by atoms with van der Waals surface area (Å²) in [6.07, 6.45) is 2.91. The van der Waals surface area contributed by atoms with E-state index < -0.39 is 0 Å². The van der Waals surface area contributed by atoms with E-state index in [1.807, 2.05) is 47.4 Å². The van der Waals surface area contributed by atoms with Crippen LogP contribution in [0.25, 0.3) is 0 Å². The molecule has 3 nitrogen and oxygen atoms in total. The molecule has 2 aromatic rings. The normalized spacial score (nSPS) is 17.3. The molecule has 1 fully saturated rings. The SMILES string of the molecule is CCc1ccccc1NC(=O)N1CCC[C@@H]1c1ccc(Cl)cc1. The van der Waals surface area contributed by atoms with E-state index in [1.54, 1.807) is 0 Å². The number of carbonyl (C=O) groups is 1. The Morgan fingerprint density at radius 2 is 1.96 bits per heavy atom. The van der Waals surface area contributed by atoms with Gasteiger partial charge in [-0.2, -0.15) is 0 Å². The summed E-state index contributed by atoms with van der Waals surface area (Å²) < 4.78 is 0. The molecular weight excluding hydrogens is 308 g/mol. The Bertz CT molecular complexity index is 684. The van der Waals surface area contributed by atoms with E-state index in [-0.39, 0.29) is 12.1 Å². The Balaban J connectivity index is 1.77. The number of likely N-dealkylation sites (tertiary alicyclic amines) is 1. The summed E-state index contributed by atoms with van der Waals surface area (Å²) in [7, 11) is 0. The average molecular weight is 329 g/mol. The fraction of sp³-hybridized carbons (Fsp3) is 0.316. The van der Waals surface area contributed by atoms with Crippen LogP contribution in [-0.4, -0.2) is 17.5 Å². The molecule has 3 rings (SSSR count). The predicted molar refractivity (Wildman–Crippen MR) is 95.0 cm³/mol. The summed E-state index contributed by atoms with van der Waals surface area (Å²) in [5.41, 5.74) is 3.20. The van der Waals surface area contributed by atoms with Gasteiger partial charge in [-0.3, -0.25) is 0 Å². The third-order valence-corrected chi connectivity index (χ3v) is 4.66. The molecule has 23 heavy (non-hydrogen) atoms. The fourth-order valence-corrected chi connectivity index (χ4v) is 3.30. The van der Waals surface area contributed by atoms with E-state index in [1.165, 1.54) is 0 Å². The Morgan fingerprint density at radius 3 is 2.70 bits per heavy atom. The average Bonchev–Trinajstić information content (AvgIpc) is 3.06. The second kappa shape index (κ2) is 7.05. The van der Waals surface area contributed by atoms with Gasteiger partial charge in [0, 0.05) is 17.3 Å². The maximum Gasteiger partial charge on any atom is 0.322 e. The molecule has 1 saturated heterocycles. The molecule has 4 heteroatoms. The van der Waals surface area contributed by atoms with Crippen LogP contribution in [-0.2, 0) is 6.42 Å². The maximum absolute atomic E-state index is 12.7. The Kier molecular flexibility index (Phi) is 4.87. The zero-order chi connectivity index (χ0) is 16.2. The van der Waals surface area contributed by atoms with E-state index in [4.69, 9.17) is 11.6 Å². The van der Waals surface area contributed by atoms with Gasteiger partial charge in [-0.1, -0.05) is 48.9 Å². The maximum atomic E-state index is 12.7. The van der Waals surface area contributed by atoms with E-state index in [2.05, 4.69) is 18.3 Å². The summed E-state index contributed by atoms with van der Waals surface area (Å²) in [6, 6.07) is 15.9. The summed E-state index contributed by atoms with van der Waals surface area (Å²) in [6.45, 7) is 2.88. The van der Waals surface area contributed by atoms with Gasteiger partial charge in [-0.05, 0) is 48.6 Å². The van der Waals surface area contributed by atoms with Crippen LogP contribution in [0, 0.1) is 0 Å². The summed E-state index contributed by atoms with van der Waals surface area (Å²) in [5.74, 6) is 0. The van der Waals surface area contributed by atoms with Gasteiger partial charge in [-0.25, -0.2) is 4.79 Å². The number of rotatable bonds is 3. The minimum Gasteiger partial charge on any atom is -0.317 e. The number of hydrogen-bond donors (Lipinski definition) is 1. The second-order valence-electron chi connectivity index (χ2n) is 5.84. The van der Waals surface area contributed by atoms with Crippen molar-refractivity contribution in [3.8, 4) is 0 Å². The number of nitrogens with one attached hydrogen (secondary N) is 1. The van der Waals surface area contributed by atoms with E-state index in [0.29, 0.717) is 0 Å². The van der Waals surface area contributed by atoms with Crippen molar-refractivity contribution < 1.29 is 4.79 Å². The third kappa shape index (κ3) is 3.50. The highest BCUT2D eigenvalue weighted by atomic mass is 35.5. The molecule has 1 aliphatic rings. The van der Waals surface area contributed by atoms with Gasteiger partial charge in [0.25, 0.3) is 0 Å². The zero-order valence-electron chi connectivity index (χ0n) is 13.3. The van der Waals surface area contributed by atoms with Gasteiger partial charge in [0.05, 0.1) is 6.04 Å². The number of halogens is 1. The number of nitrogens with zero attached hydrogens (tertiary/aromatic N) is 1.